The predicted molar refractivity (Wildman–Crippen MR) is 138 cm³/mol. The van der Waals surface area contributed by atoms with Gasteiger partial charge in [-0.25, -0.2) is 9.18 Å². The lowest BCUT2D eigenvalue weighted by Gasteiger charge is -2.31. The van der Waals surface area contributed by atoms with Gasteiger partial charge in [-0.15, -0.1) is 0 Å². The van der Waals surface area contributed by atoms with E-state index in [1.54, 1.807) is 32.4 Å². The predicted octanol–water partition coefficient (Wildman–Crippen LogP) is 4.36. The van der Waals surface area contributed by atoms with Crippen LogP contribution < -0.4 is 21.3 Å². The summed E-state index contributed by atoms with van der Waals surface area (Å²) in [5.74, 6) is 0.301. The van der Waals surface area contributed by atoms with E-state index in [0.717, 1.165) is 21.5 Å². The van der Waals surface area contributed by atoms with Crippen LogP contribution in [0.4, 0.5) is 10.1 Å². The highest BCUT2D eigenvalue weighted by atomic mass is 19.1. The van der Waals surface area contributed by atoms with Crippen molar-refractivity contribution >= 4 is 16.6 Å². The molecular formula is C28H23FN4O3. The van der Waals surface area contributed by atoms with Crippen molar-refractivity contribution < 1.29 is 9.13 Å². The van der Waals surface area contributed by atoms with Crippen molar-refractivity contribution in [3.63, 3.8) is 0 Å². The van der Waals surface area contributed by atoms with Crippen molar-refractivity contribution in [1.82, 2.24) is 13.7 Å². The lowest BCUT2D eigenvalue weighted by Crippen LogP contribution is -2.37. The number of hydrogen-bond acceptors (Lipinski definition) is 4. The standard InChI is InChI=1S/C28H23FN4O3/c1-31-25-22(27(34)32(2)28(31)35)24(16-12-14-17(36-3)15-13-16)33-21-11-7-6-10-20(21)30-23(26(25)33)18-8-4-5-9-19(18)29/h4-15,23,30H,1-3H3. The first-order valence-corrected chi connectivity index (χ1v) is 11.5. The Morgan fingerprint density at radius 3 is 2.31 bits per heavy atom. The zero-order valence-electron chi connectivity index (χ0n) is 19.9. The molecule has 0 spiro atoms. The molecule has 0 amide bonds. The third kappa shape index (κ3) is 2.97. The van der Waals surface area contributed by atoms with Gasteiger partial charge in [-0.3, -0.25) is 13.9 Å². The van der Waals surface area contributed by atoms with Gasteiger partial charge in [-0.2, -0.15) is 0 Å². The first-order valence-electron chi connectivity index (χ1n) is 11.5. The Morgan fingerprint density at radius 2 is 1.58 bits per heavy atom. The van der Waals surface area contributed by atoms with Crippen LogP contribution in [0.3, 0.4) is 0 Å². The number of nitrogens with one attached hydrogen (secondary N) is 1. The van der Waals surface area contributed by atoms with Gasteiger partial charge in [-0.1, -0.05) is 30.3 Å². The van der Waals surface area contributed by atoms with E-state index in [4.69, 9.17) is 4.74 Å². The quantitative estimate of drug-likeness (QED) is 0.415. The molecule has 0 bridgehead atoms. The van der Waals surface area contributed by atoms with Crippen LogP contribution in [0.15, 0.2) is 82.4 Å². The smallest absolute Gasteiger partial charge is 0.331 e. The van der Waals surface area contributed by atoms with Crippen LogP contribution in [0.1, 0.15) is 17.3 Å². The van der Waals surface area contributed by atoms with Gasteiger partial charge in [0, 0.05) is 19.7 Å². The van der Waals surface area contributed by atoms with Gasteiger partial charge in [0.2, 0.25) is 0 Å². The maximum atomic E-state index is 15.2. The topological polar surface area (TPSA) is 70.2 Å². The molecule has 8 heteroatoms. The summed E-state index contributed by atoms with van der Waals surface area (Å²) < 4.78 is 25.1. The van der Waals surface area contributed by atoms with Crippen LogP contribution in [0.2, 0.25) is 0 Å². The van der Waals surface area contributed by atoms with Crippen molar-refractivity contribution in [2.75, 3.05) is 12.4 Å². The largest absolute Gasteiger partial charge is 0.497 e. The zero-order valence-corrected chi connectivity index (χ0v) is 19.9. The third-order valence-corrected chi connectivity index (χ3v) is 6.91. The molecule has 1 aliphatic rings. The van der Waals surface area contributed by atoms with Gasteiger partial charge >= 0.3 is 5.69 Å². The van der Waals surface area contributed by atoms with Gasteiger partial charge in [0.05, 0.1) is 46.8 Å². The Labute approximate surface area is 205 Å². The first kappa shape index (κ1) is 21.9. The molecule has 1 atom stereocenters. The van der Waals surface area contributed by atoms with E-state index < -0.39 is 17.3 Å². The number of aryl methyl sites for hydroxylation is 1. The molecule has 5 aromatic rings. The molecule has 7 nitrogen and oxygen atoms in total. The minimum Gasteiger partial charge on any atom is -0.497 e. The van der Waals surface area contributed by atoms with E-state index in [1.807, 2.05) is 53.1 Å². The summed E-state index contributed by atoms with van der Waals surface area (Å²) in [6, 6.07) is 21.0. The SMILES string of the molecule is COc1ccc(-c2c3c(=O)n(C)c(=O)n(C)c3c3n2-c2ccccc2NC3c2ccccc2F)cc1. The van der Waals surface area contributed by atoms with Gasteiger partial charge in [0.25, 0.3) is 5.56 Å². The molecule has 180 valence electrons. The Bertz CT molecular complexity index is 1780. The number of benzene rings is 3. The summed E-state index contributed by atoms with van der Waals surface area (Å²) in [5.41, 5.74) is 3.63. The van der Waals surface area contributed by atoms with Crippen molar-refractivity contribution in [1.29, 1.82) is 0 Å². The molecular weight excluding hydrogens is 459 g/mol. The van der Waals surface area contributed by atoms with Crippen LogP contribution in [0.5, 0.6) is 5.75 Å². The normalized spacial score (nSPS) is 14.3. The number of rotatable bonds is 3. The number of methoxy groups -OCH3 is 1. The highest BCUT2D eigenvalue weighted by molar-refractivity contribution is 5.99. The van der Waals surface area contributed by atoms with Crippen molar-refractivity contribution in [2.45, 2.75) is 6.04 Å². The first-order chi connectivity index (χ1) is 17.4. The second-order valence-corrected chi connectivity index (χ2v) is 8.84. The average molecular weight is 483 g/mol. The van der Waals surface area contributed by atoms with Crippen molar-refractivity contribution in [3.8, 4) is 22.7 Å². The van der Waals surface area contributed by atoms with Gasteiger partial charge in [-0.05, 0) is 48.0 Å². The fraction of sp³-hybridized carbons (Fsp3) is 0.143. The van der Waals surface area contributed by atoms with E-state index in [0.29, 0.717) is 33.6 Å². The molecule has 2 aromatic heterocycles. The molecule has 36 heavy (non-hydrogen) atoms. The maximum Gasteiger partial charge on any atom is 0.331 e. The lowest BCUT2D eigenvalue weighted by atomic mass is 9.99. The second-order valence-electron chi connectivity index (χ2n) is 8.84. The number of nitrogens with zero attached hydrogens (tertiary/aromatic N) is 3. The summed E-state index contributed by atoms with van der Waals surface area (Å²) >= 11 is 0. The van der Waals surface area contributed by atoms with Gasteiger partial charge < -0.3 is 14.6 Å². The van der Waals surface area contributed by atoms with Crippen LogP contribution in [-0.2, 0) is 14.1 Å². The molecule has 3 aromatic carbocycles. The van der Waals surface area contributed by atoms with Crippen LogP contribution in [0.25, 0.3) is 27.8 Å². The number of hydrogen-bond donors (Lipinski definition) is 1. The number of para-hydroxylation sites is 2. The van der Waals surface area contributed by atoms with Crippen LogP contribution in [-0.4, -0.2) is 20.8 Å². The summed E-state index contributed by atoms with van der Waals surface area (Å²) in [4.78, 5) is 26.8. The molecule has 0 saturated heterocycles. The van der Waals surface area contributed by atoms with Gasteiger partial charge in [0.15, 0.2) is 0 Å². The minimum atomic E-state index is -0.645. The van der Waals surface area contributed by atoms with E-state index in [2.05, 4.69) is 5.32 Å². The molecule has 0 aliphatic carbocycles. The summed E-state index contributed by atoms with van der Waals surface area (Å²) in [7, 11) is 4.71. The van der Waals surface area contributed by atoms with Crippen LogP contribution >= 0.6 is 0 Å². The number of halogens is 1. The summed E-state index contributed by atoms with van der Waals surface area (Å²) in [6.07, 6.45) is 0. The average Bonchev–Trinajstić information content (AvgIpc) is 3.27. The monoisotopic (exact) mass is 482 g/mol. The maximum absolute atomic E-state index is 15.2. The molecule has 1 aliphatic heterocycles. The van der Waals surface area contributed by atoms with E-state index in [1.165, 1.54) is 17.7 Å². The number of fused-ring (bicyclic) bond motifs is 5. The Morgan fingerprint density at radius 1 is 0.889 bits per heavy atom. The summed E-state index contributed by atoms with van der Waals surface area (Å²) in [6.45, 7) is 0. The van der Waals surface area contributed by atoms with Gasteiger partial charge in [0.1, 0.15) is 11.6 Å². The molecule has 0 saturated carbocycles. The van der Waals surface area contributed by atoms with E-state index in [9.17, 15) is 9.59 Å². The molecule has 6 rings (SSSR count). The van der Waals surface area contributed by atoms with Crippen LogP contribution in [0, 0.1) is 5.82 Å². The molecule has 3 heterocycles. The fourth-order valence-corrected chi connectivity index (χ4v) is 5.18. The Kier molecular flexibility index (Phi) is 4.86. The van der Waals surface area contributed by atoms with Crippen molar-refractivity contribution in [2.24, 2.45) is 14.1 Å². The molecule has 1 unspecified atom stereocenters. The van der Waals surface area contributed by atoms with E-state index >= 15 is 4.39 Å². The highest BCUT2D eigenvalue weighted by Crippen LogP contribution is 2.45. The minimum absolute atomic E-state index is 0.380. The zero-order chi connectivity index (χ0) is 25.1. The van der Waals surface area contributed by atoms with Crippen molar-refractivity contribution in [3.05, 3.63) is 111 Å². The number of anilines is 1. The molecule has 1 N–H and O–H groups in total. The Hall–Kier alpha value is -4.59. The number of aromatic nitrogens is 3. The Balaban J connectivity index is 1.85. The lowest BCUT2D eigenvalue weighted by molar-refractivity contribution is 0.415. The fourth-order valence-electron chi connectivity index (χ4n) is 5.18. The molecule has 0 radical (unpaired) electrons. The third-order valence-electron chi connectivity index (χ3n) is 6.91. The summed E-state index contributed by atoms with van der Waals surface area (Å²) in [5, 5.41) is 3.85. The molecule has 0 fully saturated rings. The highest BCUT2D eigenvalue weighted by Gasteiger charge is 2.35. The van der Waals surface area contributed by atoms with E-state index in [-0.39, 0.29) is 5.82 Å². The second kappa shape index (κ2) is 7.98. The number of ether oxygens (including phenoxy) is 1.